The summed E-state index contributed by atoms with van der Waals surface area (Å²) in [7, 11) is 0. The summed E-state index contributed by atoms with van der Waals surface area (Å²) in [5.74, 6) is 0. The first-order valence-corrected chi connectivity index (χ1v) is 8.39. The van der Waals surface area contributed by atoms with Crippen LogP contribution < -0.4 is 0 Å². The molecule has 1 fully saturated rings. The minimum Gasteiger partial charge on any atom is -0.298 e. The van der Waals surface area contributed by atoms with Crippen LogP contribution in [0.1, 0.15) is 68.4 Å². The first-order valence-electron chi connectivity index (χ1n) is 8.39. The zero-order chi connectivity index (χ0) is 16.0. The van der Waals surface area contributed by atoms with E-state index in [4.69, 9.17) is 0 Å². The van der Waals surface area contributed by atoms with Crippen molar-refractivity contribution in [1.29, 1.82) is 0 Å². The molecule has 118 valence electrons. The predicted molar refractivity (Wildman–Crippen MR) is 93.3 cm³/mol. The number of hydrogen-bond acceptors (Lipinski definition) is 1. The van der Waals surface area contributed by atoms with Gasteiger partial charge < -0.3 is 0 Å². The smallest absolute Gasteiger partial charge is 0.0125 e. The topological polar surface area (TPSA) is 3.24 Å². The summed E-state index contributed by atoms with van der Waals surface area (Å²) in [6.07, 6.45) is 2.54. The number of rotatable bonds is 1. The Morgan fingerprint density at radius 2 is 1.43 bits per heavy atom. The van der Waals surface area contributed by atoms with E-state index in [9.17, 15) is 0 Å². The first-order chi connectivity index (χ1) is 9.56. The van der Waals surface area contributed by atoms with Crippen molar-refractivity contribution >= 4 is 0 Å². The zero-order valence-corrected chi connectivity index (χ0v) is 15.4. The van der Waals surface area contributed by atoms with Gasteiger partial charge in [-0.3, -0.25) is 4.90 Å². The molecule has 1 aliphatic rings. The Hall–Kier alpha value is -0.820. The summed E-state index contributed by atoms with van der Waals surface area (Å²) >= 11 is 0. The van der Waals surface area contributed by atoms with E-state index in [1.807, 2.05) is 0 Å². The van der Waals surface area contributed by atoms with E-state index in [1.54, 1.807) is 5.56 Å². The van der Waals surface area contributed by atoms with Gasteiger partial charge in [0.1, 0.15) is 0 Å². The van der Waals surface area contributed by atoms with E-state index >= 15 is 0 Å². The molecule has 2 rings (SSSR count). The number of likely N-dealkylation sites (tertiary alicyclic amines) is 1. The maximum Gasteiger partial charge on any atom is 0.0125 e. The van der Waals surface area contributed by atoms with Crippen molar-refractivity contribution in [2.24, 2.45) is 0 Å². The average Bonchev–Trinajstić information content (AvgIpc) is 2.40. The number of aryl methyl sites for hydroxylation is 1. The summed E-state index contributed by atoms with van der Waals surface area (Å²) in [5, 5.41) is 0. The van der Waals surface area contributed by atoms with Gasteiger partial charge in [-0.25, -0.2) is 0 Å². The van der Waals surface area contributed by atoms with E-state index in [0.717, 1.165) is 0 Å². The highest BCUT2D eigenvalue weighted by Crippen LogP contribution is 2.40. The summed E-state index contributed by atoms with van der Waals surface area (Å²) in [6, 6.07) is 2.46. The van der Waals surface area contributed by atoms with Gasteiger partial charge in [0.2, 0.25) is 0 Å². The molecule has 1 heterocycles. The van der Waals surface area contributed by atoms with Gasteiger partial charge in [0, 0.05) is 5.54 Å². The van der Waals surface area contributed by atoms with Crippen LogP contribution in [0.4, 0.5) is 0 Å². The van der Waals surface area contributed by atoms with Crippen molar-refractivity contribution in [3.63, 3.8) is 0 Å². The summed E-state index contributed by atoms with van der Waals surface area (Å²) in [4.78, 5) is 2.64. The lowest BCUT2D eigenvalue weighted by Gasteiger charge is -2.46. The number of benzene rings is 1. The van der Waals surface area contributed by atoms with Crippen LogP contribution in [0.15, 0.2) is 6.07 Å². The molecule has 0 unspecified atom stereocenters. The first kappa shape index (κ1) is 16.5. The fourth-order valence-corrected chi connectivity index (χ4v) is 3.78. The minimum atomic E-state index is 0.301. The highest BCUT2D eigenvalue weighted by Gasteiger charge is 2.36. The third kappa shape index (κ3) is 3.04. The quantitative estimate of drug-likeness (QED) is 0.697. The molecule has 0 aliphatic carbocycles. The highest BCUT2D eigenvalue weighted by molar-refractivity contribution is 5.47. The second-order valence-electron chi connectivity index (χ2n) is 8.33. The summed E-state index contributed by atoms with van der Waals surface area (Å²) < 4.78 is 0. The molecular weight excluding hydrogens is 254 g/mol. The van der Waals surface area contributed by atoms with Gasteiger partial charge >= 0.3 is 0 Å². The Bertz CT molecular complexity index is 526. The Morgan fingerprint density at radius 1 is 0.905 bits per heavy atom. The molecule has 0 amide bonds. The molecule has 1 nitrogen and oxygen atoms in total. The molecule has 0 N–H and O–H groups in total. The molecule has 1 aliphatic heterocycles. The molecule has 1 aromatic rings. The van der Waals surface area contributed by atoms with Crippen molar-refractivity contribution in [2.75, 3.05) is 13.1 Å². The Kier molecular flexibility index (Phi) is 4.28. The van der Waals surface area contributed by atoms with E-state index in [-0.39, 0.29) is 0 Å². The Labute approximate surface area is 131 Å². The van der Waals surface area contributed by atoms with Crippen molar-refractivity contribution in [2.45, 2.75) is 79.2 Å². The maximum absolute atomic E-state index is 2.64. The van der Waals surface area contributed by atoms with E-state index in [1.165, 1.54) is 48.2 Å². The third-order valence-electron chi connectivity index (χ3n) is 5.95. The van der Waals surface area contributed by atoms with Crippen LogP contribution in [0, 0.1) is 27.7 Å². The van der Waals surface area contributed by atoms with Gasteiger partial charge in [-0.1, -0.05) is 13.0 Å². The molecule has 21 heavy (non-hydrogen) atoms. The Morgan fingerprint density at radius 3 is 1.90 bits per heavy atom. The van der Waals surface area contributed by atoms with Crippen LogP contribution >= 0.6 is 0 Å². The Balaban J connectivity index is 2.32. The standard InChI is InChI=1S/C20H33N/c1-14-13-18(17(4)16(3)15(14)2)20(8)9-11-21(12-10-20)19(5,6)7/h13H,9-12H2,1-8H3. The molecule has 0 aromatic heterocycles. The second kappa shape index (κ2) is 5.43. The predicted octanol–water partition coefficient (Wildman–Crippen LogP) is 5.07. The highest BCUT2D eigenvalue weighted by atomic mass is 15.2. The normalized spacial score (nSPS) is 19.8. The zero-order valence-electron chi connectivity index (χ0n) is 15.4. The largest absolute Gasteiger partial charge is 0.298 e. The third-order valence-corrected chi connectivity index (χ3v) is 5.95. The van der Waals surface area contributed by atoms with Gasteiger partial charge in [0.05, 0.1) is 0 Å². The van der Waals surface area contributed by atoms with Gasteiger partial charge in [-0.15, -0.1) is 0 Å². The fraction of sp³-hybridized carbons (Fsp3) is 0.700. The molecule has 0 bridgehead atoms. The van der Waals surface area contributed by atoms with Crippen LogP contribution in [-0.2, 0) is 5.41 Å². The van der Waals surface area contributed by atoms with Gasteiger partial charge in [-0.05, 0) is 108 Å². The average molecular weight is 287 g/mol. The van der Waals surface area contributed by atoms with Gasteiger partial charge in [0.25, 0.3) is 0 Å². The lowest BCUT2D eigenvalue weighted by atomic mass is 9.71. The van der Waals surface area contributed by atoms with Crippen molar-refractivity contribution in [3.8, 4) is 0 Å². The molecule has 0 saturated carbocycles. The van der Waals surface area contributed by atoms with E-state index < -0.39 is 0 Å². The van der Waals surface area contributed by atoms with Crippen molar-refractivity contribution in [3.05, 3.63) is 33.9 Å². The lowest BCUT2D eigenvalue weighted by Crippen LogP contribution is -2.49. The maximum atomic E-state index is 2.64. The lowest BCUT2D eigenvalue weighted by molar-refractivity contribution is 0.0792. The molecular formula is C20H33N. The van der Waals surface area contributed by atoms with Gasteiger partial charge in [-0.2, -0.15) is 0 Å². The van der Waals surface area contributed by atoms with Crippen LogP contribution in [0.2, 0.25) is 0 Å². The van der Waals surface area contributed by atoms with Crippen LogP contribution in [-0.4, -0.2) is 23.5 Å². The van der Waals surface area contributed by atoms with Crippen LogP contribution in [0.25, 0.3) is 0 Å². The number of hydrogen-bond donors (Lipinski definition) is 0. The van der Waals surface area contributed by atoms with Gasteiger partial charge in [0.15, 0.2) is 0 Å². The van der Waals surface area contributed by atoms with Crippen LogP contribution in [0.5, 0.6) is 0 Å². The monoisotopic (exact) mass is 287 g/mol. The van der Waals surface area contributed by atoms with E-state index in [0.29, 0.717) is 11.0 Å². The summed E-state index contributed by atoms with van der Waals surface area (Å²) in [6.45, 7) is 21.0. The molecule has 1 heteroatoms. The molecule has 1 saturated heterocycles. The molecule has 1 aromatic carbocycles. The second-order valence-corrected chi connectivity index (χ2v) is 8.33. The van der Waals surface area contributed by atoms with E-state index in [2.05, 4.69) is 66.4 Å². The SMILES string of the molecule is Cc1cc(C2(C)CCN(C(C)(C)C)CC2)c(C)c(C)c1C. The summed E-state index contributed by atoms with van der Waals surface area (Å²) in [5.41, 5.74) is 8.16. The fourth-order valence-electron chi connectivity index (χ4n) is 3.78. The number of piperidine rings is 1. The molecule has 0 spiro atoms. The van der Waals surface area contributed by atoms with Crippen LogP contribution in [0.3, 0.4) is 0 Å². The van der Waals surface area contributed by atoms with Crippen molar-refractivity contribution in [1.82, 2.24) is 4.90 Å². The molecule has 0 radical (unpaired) electrons. The number of nitrogens with zero attached hydrogens (tertiary/aromatic N) is 1. The van der Waals surface area contributed by atoms with Crippen molar-refractivity contribution < 1.29 is 0 Å². The minimum absolute atomic E-state index is 0.301. The molecule has 0 atom stereocenters.